The smallest absolute Gasteiger partial charge is 0.131 e. The molecule has 0 saturated carbocycles. The third-order valence-corrected chi connectivity index (χ3v) is 3.71. The summed E-state index contributed by atoms with van der Waals surface area (Å²) in [5, 5.41) is 3.32. The minimum atomic E-state index is 0.0355. The fraction of sp³-hybridized carbons (Fsp3) is 0.600. The Bertz CT molecular complexity index is 418. The zero-order valence-electron chi connectivity index (χ0n) is 12.6. The highest BCUT2D eigenvalue weighted by molar-refractivity contribution is 5.52. The molecule has 5 heteroatoms. The molecule has 2 rings (SSSR count). The lowest BCUT2D eigenvalue weighted by atomic mass is 9.97. The average Bonchev–Trinajstić information content (AvgIpc) is 3.01. The van der Waals surface area contributed by atoms with Crippen molar-refractivity contribution in [3.8, 4) is 17.2 Å². The summed E-state index contributed by atoms with van der Waals surface area (Å²) in [5.41, 5.74) is 0.977. The number of rotatable bonds is 6. The number of methoxy groups -OCH3 is 3. The second kappa shape index (κ2) is 6.81. The van der Waals surface area contributed by atoms with Gasteiger partial charge in [0, 0.05) is 18.7 Å². The molecule has 0 aromatic heterocycles. The van der Waals surface area contributed by atoms with Gasteiger partial charge in [-0.25, -0.2) is 0 Å². The van der Waals surface area contributed by atoms with E-state index in [2.05, 4.69) is 5.32 Å². The van der Waals surface area contributed by atoms with Crippen LogP contribution < -0.4 is 19.5 Å². The number of hydrogen-bond acceptors (Lipinski definition) is 5. The van der Waals surface area contributed by atoms with Gasteiger partial charge in [0.2, 0.25) is 0 Å². The van der Waals surface area contributed by atoms with Crippen molar-refractivity contribution in [2.24, 2.45) is 0 Å². The minimum Gasteiger partial charge on any atom is -0.496 e. The molecular formula is C15H23NO4. The van der Waals surface area contributed by atoms with Crippen molar-refractivity contribution >= 4 is 0 Å². The zero-order chi connectivity index (χ0) is 14.5. The first-order valence-electron chi connectivity index (χ1n) is 6.84. The molecule has 0 radical (unpaired) electrons. The number of nitrogens with one attached hydrogen (secondary N) is 1. The SMILES string of the molecule is CNC(c1c(OC)cc(OC)cc1OC)C1CCCO1. The molecule has 5 nitrogen and oxygen atoms in total. The molecule has 1 fully saturated rings. The first-order chi connectivity index (χ1) is 9.74. The monoisotopic (exact) mass is 281 g/mol. The number of benzene rings is 1. The molecule has 2 atom stereocenters. The molecule has 1 aliphatic rings. The summed E-state index contributed by atoms with van der Waals surface area (Å²) in [5.74, 6) is 2.21. The van der Waals surface area contributed by atoms with Gasteiger partial charge in [0.1, 0.15) is 17.2 Å². The third-order valence-electron chi connectivity index (χ3n) is 3.71. The van der Waals surface area contributed by atoms with E-state index in [1.807, 2.05) is 19.2 Å². The van der Waals surface area contributed by atoms with E-state index >= 15 is 0 Å². The van der Waals surface area contributed by atoms with E-state index in [1.54, 1.807) is 21.3 Å². The van der Waals surface area contributed by atoms with Crippen LogP contribution in [0.15, 0.2) is 12.1 Å². The summed E-state index contributed by atoms with van der Waals surface area (Å²) in [4.78, 5) is 0. The molecule has 112 valence electrons. The van der Waals surface area contributed by atoms with Crippen molar-refractivity contribution in [2.75, 3.05) is 35.0 Å². The van der Waals surface area contributed by atoms with Crippen molar-refractivity contribution in [3.63, 3.8) is 0 Å². The maximum Gasteiger partial charge on any atom is 0.131 e. The Labute approximate surface area is 120 Å². The minimum absolute atomic E-state index is 0.0355. The standard InChI is InChI=1S/C15H23NO4/c1-16-15(11-6-5-7-20-11)14-12(18-3)8-10(17-2)9-13(14)19-4/h8-9,11,15-16H,5-7H2,1-4H3. The Morgan fingerprint density at radius 3 is 2.20 bits per heavy atom. The van der Waals surface area contributed by atoms with E-state index in [-0.39, 0.29) is 12.1 Å². The molecular weight excluding hydrogens is 258 g/mol. The van der Waals surface area contributed by atoms with Crippen molar-refractivity contribution in [2.45, 2.75) is 25.0 Å². The van der Waals surface area contributed by atoms with Crippen molar-refractivity contribution < 1.29 is 18.9 Å². The summed E-state index contributed by atoms with van der Waals surface area (Å²) >= 11 is 0. The van der Waals surface area contributed by atoms with Crippen molar-refractivity contribution in [1.29, 1.82) is 0 Å². The summed E-state index contributed by atoms with van der Waals surface area (Å²) in [6, 6.07) is 3.78. The Hall–Kier alpha value is -1.46. The maximum atomic E-state index is 5.81. The number of ether oxygens (including phenoxy) is 4. The molecule has 0 spiro atoms. The molecule has 0 amide bonds. The van der Waals surface area contributed by atoms with Crippen LogP contribution in [0.1, 0.15) is 24.4 Å². The van der Waals surface area contributed by atoms with Crippen LogP contribution in [0, 0.1) is 0 Å². The predicted octanol–water partition coefficient (Wildman–Crippen LogP) is 2.15. The Balaban J connectivity index is 2.45. The normalized spacial score (nSPS) is 19.7. The van der Waals surface area contributed by atoms with E-state index in [9.17, 15) is 0 Å². The molecule has 1 aromatic carbocycles. The first kappa shape index (κ1) is 14.9. The van der Waals surface area contributed by atoms with Gasteiger partial charge < -0.3 is 24.3 Å². The van der Waals surface area contributed by atoms with Crippen LogP contribution in [0.2, 0.25) is 0 Å². The zero-order valence-corrected chi connectivity index (χ0v) is 12.6. The average molecular weight is 281 g/mol. The predicted molar refractivity (Wildman–Crippen MR) is 76.9 cm³/mol. The maximum absolute atomic E-state index is 5.81. The molecule has 1 N–H and O–H groups in total. The summed E-state index contributed by atoms with van der Waals surface area (Å²) < 4.78 is 22.1. The second-order valence-electron chi connectivity index (χ2n) is 4.76. The molecule has 20 heavy (non-hydrogen) atoms. The largest absolute Gasteiger partial charge is 0.496 e. The molecule has 1 aromatic rings. The van der Waals surface area contributed by atoms with Crippen LogP contribution in [-0.4, -0.2) is 41.1 Å². The summed E-state index contributed by atoms with van der Waals surface area (Å²) in [7, 11) is 6.86. The summed E-state index contributed by atoms with van der Waals surface area (Å²) in [6.45, 7) is 0.809. The van der Waals surface area contributed by atoms with Gasteiger partial charge in [0.25, 0.3) is 0 Å². The van der Waals surface area contributed by atoms with Crippen LogP contribution in [0.25, 0.3) is 0 Å². The van der Waals surface area contributed by atoms with Crippen LogP contribution >= 0.6 is 0 Å². The Morgan fingerprint density at radius 1 is 1.15 bits per heavy atom. The Morgan fingerprint density at radius 2 is 1.80 bits per heavy atom. The van der Waals surface area contributed by atoms with Gasteiger partial charge in [-0.15, -0.1) is 0 Å². The van der Waals surface area contributed by atoms with Gasteiger partial charge in [0.15, 0.2) is 0 Å². The summed E-state index contributed by atoms with van der Waals surface area (Å²) in [6.07, 6.45) is 2.25. The molecule has 1 aliphatic heterocycles. The van der Waals surface area contributed by atoms with Gasteiger partial charge in [-0.3, -0.25) is 0 Å². The van der Waals surface area contributed by atoms with Gasteiger partial charge in [-0.1, -0.05) is 0 Å². The van der Waals surface area contributed by atoms with Crippen LogP contribution in [0.5, 0.6) is 17.2 Å². The highest BCUT2D eigenvalue weighted by Crippen LogP contribution is 2.41. The van der Waals surface area contributed by atoms with E-state index < -0.39 is 0 Å². The highest BCUT2D eigenvalue weighted by atomic mass is 16.5. The fourth-order valence-corrected chi connectivity index (χ4v) is 2.72. The van der Waals surface area contributed by atoms with Crippen molar-refractivity contribution in [3.05, 3.63) is 17.7 Å². The third kappa shape index (κ3) is 2.83. The lowest BCUT2D eigenvalue weighted by Crippen LogP contribution is -2.29. The van der Waals surface area contributed by atoms with Gasteiger partial charge in [-0.05, 0) is 19.9 Å². The van der Waals surface area contributed by atoms with E-state index in [4.69, 9.17) is 18.9 Å². The lowest BCUT2D eigenvalue weighted by molar-refractivity contribution is 0.0790. The fourth-order valence-electron chi connectivity index (χ4n) is 2.72. The van der Waals surface area contributed by atoms with E-state index in [0.717, 1.165) is 36.5 Å². The van der Waals surface area contributed by atoms with Crippen molar-refractivity contribution in [1.82, 2.24) is 5.32 Å². The number of hydrogen-bond donors (Lipinski definition) is 1. The highest BCUT2D eigenvalue weighted by Gasteiger charge is 2.31. The van der Waals surface area contributed by atoms with Gasteiger partial charge in [-0.2, -0.15) is 0 Å². The molecule has 1 saturated heterocycles. The van der Waals surface area contributed by atoms with E-state index in [0.29, 0.717) is 5.75 Å². The Kier molecular flexibility index (Phi) is 5.09. The first-order valence-corrected chi connectivity index (χ1v) is 6.84. The van der Waals surface area contributed by atoms with E-state index in [1.165, 1.54) is 0 Å². The number of likely N-dealkylation sites (N-methyl/N-ethyl adjacent to an activating group) is 1. The van der Waals surface area contributed by atoms with Gasteiger partial charge >= 0.3 is 0 Å². The van der Waals surface area contributed by atoms with Gasteiger partial charge in [0.05, 0.1) is 39.0 Å². The van der Waals surface area contributed by atoms with Crippen LogP contribution in [0.4, 0.5) is 0 Å². The van der Waals surface area contributed by atoms with Crippen LogP contribution in [0.3, 0.4) is 0 Å². The lowest BCUT2D eigenvalue weighted by Gasteiger charge is -2.26. The molecule has 2 unspecified atom stereocenters. The molecule has 1 heterocycles. The molecule has 0 aliphatic carbocycles. The van der Waals surface area contributed by atoms with Crippen LogP contribution in [-0.2, 0) is 4.74 Å². The quantitative estimate of drug-likeness (QED) is 0.866. The topological polar surface area (TPSA) is 49.0 Å². The second-order valence-corrected chi connectivity index (χ2v) is 4.76. The molecule has 0 bridgehead atoms.